The zero-order chi connectivity index (χ0) is 17.3. The van der Waals surface area contributed by atoms with Crippen molar-refractivity contribution in [3.05, 3.63) is 12.0 Å². The highest BCUT2D eigenvalue weighted by atomic mass is 32.2. The SMILES string of the molecule is CC1CCC=C(OS(=O)(=O)C(F)(F)F)N1C(=O)OC(C)(C)C. The van der Waals surface area contributed by atoms with Crippen LogP contribution in [0.15, 0.2) is 12.0 Å². The summed E-state index contributed by atoms with van der Waals surface area (Å²) in [5.41, 5.74) is -6.46. The van der Waals surface area contributed by atoms with Gasteiger partial charge >= 0.3 is 21.7 Å². The van der Waals surface area contributed by atoms with Gasteiger partial charge in [-0.2, -0.15) is 21.6 Å². The second kappa shape index (κ2) is 5.98. The third-order valence-electron chi connectivity index (χ3n) is 2.65. The minimum Gasteiger partial charge on any atom is -0.443 e. The molecule has 0 saturated carbocycles. The van der Waals surface area contributed by atoms with E-state index in [4.69, 9.17) is 4.74 Å². The van der Waals surface area contributed by atoms with Crippen LogP contribution in [0.2, 0.25) is 0 Å². The van der Waals surface area contributed by atoms with Crippen LogP contribution in [0.25, 0.3) is 0 Å². The fraction of sp³-hybridized carbons (Fsp3) is 0.750. The number of rotatable bonds is 2. The van der Waals surface area contributed by atoms with Crippen LogP contribution in [0.1, 0.15) is 40.5 Å². The molecule has 1 aliphatic heterocycles. The first-order valence-corrected chi connectivity index (χ1v) is 7.88. The molecule has 10 heteroatoms. The molecule has 0 radical (unpaired) electrons. The Morgan fingerprint density at radius 2 is 1.86 bits per heavy atom. The van der Waals surface area contributed by atoms with E-state index in [1.165, 1.54) is 0 Å². The molecule has 1 atom stereocenters. The molecule has 0 aromatic carbocycles. The van der Waals surface area contributed by atoms with E-state index in [0.717, 1.165) is 11.0 Å². The van der Waals surface area contributed by atoms with E-state index in [1.807, 2.05) is 0 Å². The Labute approximate surface area is 127 Å². The van der Waals surface area contributed by atoms with Crippen molar-refractivity contribution in [1.29, 1.82) is 0 Å². The van der Waals surface area contributed by atoms with E-state index in [0.29, 0.717) is 6.42 Å². The van der Waals surface area contributed by atoms with Gasteiger partial charge in [-0.05, 0) is 46.6 Å². The average molecular weight is 345 g/mol. The van der Waals surface area contributed by atoms with Crippen LogP contribution in [-0.4, -0.2) is 36.6 Å². The number of amides is 1. The number of halogens is 3. The zero-order valence-electron chi connectivity index (χ0n) is 12.6. The lowest BCUT2D eigenvalue weighted by Crippen LogP contribution is -2.44. The van der Waals surface area contributed by atoms with Crippen LogP contribution in [-0.2, 0) is 19.0 Å². The molecule has 0 aliphatic carbocycles. The van der Waals surface area contributed by atoms with Gasteiger partial charge in [-0.3, -0.25) is 0 Å². The molecule has 0 N–H and O–H groups in total. The second-order valence-corrected chi connectivity index (χ2v) is 7.34. The molecule has 0 aromatic rings. The maximum atomic E-state index is 12.4. The summed E-state index contributed by atoms with van der Waals surface area (Å²) in [7, 11) is -5.85. The maximum absolute atomic E-state index is 12.4. The fourth-order valence-corrected chi connectivity index (χ4v) is 2.18. The predicted octanol–water partition coefficient (Wildman–Crippen LogP) is 3.11. The van der Waals surface area contributed by atoms with Gasteiger partial charge in [0.2, 0.25) is 5.88 Å². The quantitative estimate of drug-likeness (QED) is 0.568. The Morgan fingerprint density at radius 3 is 2.32 bits per heavy atom. The first-order chi connectivity index (χ1) is 9.74. The maximum Gasteiger partial charge on any atom is 0.534 e. The van der Waals surface area contributed by atoms with E-state index in [1.54, 1.807) is 27.7 Å². The van der Waals surface area contributed by atoms with Gasteiger partial charge in [-0.1, -0.05) is 0 Å². The Hall–Kier alpha value is -1.45. The highest BCUT2D eigenvalue weighted by molar-refractivity contribution is 7.87. The van der Waals surface area contributed by atoms with Gasteiger partial charge in [-0.25, -0.2) is 9.69 Å². The van der Waals surface area contributed by atoms with E-state index in [2.05, 4.69) is 4.18 Å². The summed E-state index contributed by atoms with van der Waals surface area (Å²) in [5.74, 6) is -0.690. The van der Waals surface area contributed by atoms with Crippen molar-refractivity contribution in [2.24, 2.45) is 0 Å². The summed E-state index contributed by atoms with van der Waals surface area (Å²) in [6.07, 6.45) is 0.873. The molecule has 0 saturated heterocycles. The summed E-state index contributed by atoms with van der Waals surface area (Å²) in [4.78, 5) is 12.9. The van der Waals surface area contributed by atoms with Crippen LogP contribution < -0.4 is 0 Å². The van der Waals surface area contributed by atoms with E-state index in [9.17, 15) is 26.4 Å². The van der Waals surface area contributed by atoms with Gasteiger partial charge in [0.15, 0.2) is 0 Å². The number of allylic oxidation sites excluding steroid dienone is 1. The second-order valence-electron chi connectivity index (χ2n) is 5.80. The molecule has 1 rings (SSSR count). The van der Waals surface area contributed by atoms with Gasteiger partial charge in [0.1, 0.15) is 5.60 Å². The molecule has 1 aliphatic rings. The third-order valence-corrected chi connectivity index (χ3v) is 3.61. The monoisotopic (exact) mass is 345 g/mol. The number of hydrogen-bond acceptors (Lipinski definition) is 5. The van der Waals surface area contributed by atoms with Crippen molar-refractivity contribution < 1.29 is 35.3 Å². The smallest absolute Gasteiger partial charge is 0.443 e. The van der Waals surface area contributed by atoms with Crippen molar-refractivity contribution in [2.45, 2.75) is 57.7 Å². The Bertz CT molecular complexity index is 562. The van der Waals surface area contributed by atoms with Crippen molar-refractivity contribution in [3.63, 3.8) is 0 Å². The molecule has 1 unspecified atom stereocenters. The minimum absolute atomic E-state index is 0.281. The minimum atomic E-state index is -5.85. The lowest BCUT2D eigenvalue weighted by atomic mass is 10.1. The molecule has 1 heterocycles. The summed E-state index contributed by atoms with van der Waals surface area (Å²) in [6, 6.07) is -0.557. The van der Waals surface area contributed by atoms with E-state index >= 15 is 0 Å². The van der Waals surface area contributed by atoms with E-state index < -0.39 is 39.2 Å². The average Bonchev–Trinajstić information content (AvgIpc) is 2.23. The molecule has 128 valence electrons. The number of nitrogens with zero attached hydrogens (tertiary/aromatic N) is 1. The Morgan fingerprint density at radius 1 is 1.32 bits per heavy atom. The van der Waals surface area contributed by atoms with Crippen molar-refractivity contribution in [2.75, 3.05) is 0 Å². The number of ether oxygens (including phenoxy) is 1. The van der Waals surface area contributed by atoms with Gasteiger partial charge < -0.3 is 8.92 Å². The topological polar surface area (TPSA) is 72.9 Å². The normalized spacial score (nSPS) is 20.4. The lowest BCUT2D eigenvalue weighted by Gasteiger charge is -2.34. The molecule has 0 aromatic heterocycles. The van der Waals surface area contributed by atoms with Crippen LogP contribution in [0.3, 0.4) is 0 Å². The highest BCUT2D eigenvalue weighted by Crippen LogP contribution is 2.31. The zero-order valence-corrected chi connectivity index (χ0v) is 13.4. The number of carbonyl (C=O) groups is 1. The van der Waals surface area contributed by atoms with Crippen LogP contribution in [0.5, 0.6) is 0 Å². The molecular weight excluding hydrogens is 327 g/mol. The standard InChI is InChI=1S/C12H18F3NO5S/c1-8-6-5-7-9(21-22(18,19)12(13,14)15)16(8)10(17)20-11(2,3)4/h7-8H,5-6H2,1-4H3. The predicted molar refractivity (Wildman–Crippen MR) is 70.9 cm³/mol. The fourth-order valence-electron chi connectivity index (χ4n) is 1.71. The third kappa shape index (κ3) is 4.52. The number of hydrogen-bond donors (Lipinski definition) is 0. The molecule has 22 heavy (non-hydrogen) atoms. The first-order valence-electron chi connectivity index (χ1n) is 6.48. The first kappa shape index (κ1) is 18.6. The highest BCUT2D eigenvalue weighted by Gasteiger charge is 2.50. The summed E-state index contributed by atoms with van der Waals surface area (Å²) in [5, 5.41) is 0. The molecule has 0 bridgehead atoms. The Kier molecular flexibility index (Phi) is 5.05. The molecule has 0 fully saturated rings. The van der Waals surface area contributed by atoms with Crippen LogP contribution in [0.4, 0.5) is 18.0 Å². The van der Waals surface area contributed by atoms with Gasteiger partial charge in [-0.15, -0.1) is 0 Å². The Balaban J connectivity index is 3.06. The van der Waals surface area contributed by atoms with Crippen LogP contribution >= 0.6 is 0 Å². The summed E-state index contributed by atoms with van der Waals surface area (Å²) >= 11 is 0. The van der Waals surface area contributed by atoms with E-state index in [-0.39, 0.29) is 6.42 Å². The van der Waals surface area contributed by atoms with Crippen LogP contribution in [0, 0.1) is 0 Å². The molecular formula is C12H18F3NO5S. The molecule has 6 nitrogen and oxygen atoms in total. The van der Waals surface area contributed by atoms with Gasteiger partial charge in [0, 0.05) is 6.04 Å². The van der Waals surface area contributed by atoms with Gasteiger partial charge in [0.25, 0.3) is 0 Å². The van der Waals surface area contributed by atoms with Gasteiger partial charge in [0.05, 0.1) is 0 Å². The summed E-state index contributed by atoms with van der Waals surface area (Å²) < 4.78 is 68.6. The van der Waals surface area contributed by atoms with Crippen molar-refractivity contribution in [3.8, 4) is 0 Å². The number of carbonyl (C=O) groups excluding carboxylic acids is 1. The van der Waals surface area contributed by atoms with Crippen molar-refractivity contribution in [1.82, 2.24) is 4.90 Å². The molecule has 1 amide bonds. The number of alkyl halides is 3. The lowest BCUT2D eigenvalue weighted by molar-refractivity contribution is -0.0550. The van der Waals surface area contributed by atoms with Crippen molar-refractivity contribution >= 4 is 16.2 Å². The largest absolute Gasteiger partial charge is 0.534 e. The molecule has 0 spiro atoms. The summed E-state index contributed by atoms with van der Waals surface area (Å²) in [6.45, 7) is 6.29.